The van der Waals surface area contributed by atoms with Crippen LogP contribution in [0.5, 0.6) is 0 Å². The maximum Gasteiger partial charge on any atom is 0.321 e. The summed E-state index contributed by atoms with van der Waals surface area (Å²) in [6.45, 7) is 2.47. The topological polar surface area (TPSA) is 104 Å². The number of anilines is 2. The summed E-state index contributed by atoms with van der Waals surface area (Å²) < 4.78 is 0. The number of aryl methyl sites for hydroxylation is 2. The molecule has 3 heterocycles. The highest BCUT2D eigenvalue weighted by molar-refractivity contribution is 7.19. The predicted molar refractivity (Wildman–Crippen MR) is 149 cm³/mol. The van der Waals surface area contributed by atoms with Crippen molar-refractivity contribution in [3.8, 4) is 0 Å². The fraction of sp³-hybridized carbons (Fsp3) is 0.321. The minimum atomic E-state index is -0.454. The third-order valence-corrected chi connectivity index (χ3v) is 8.43. The number of amides is 2. The van der Waals surface area contributed by atoms with Crippen molar-refractivity contribution in [1.29, 1.82) is 0 Å². The van der Waals surface area contributed by atoms with Gasteiger partial charge in [-0.3, -0.25) is 10.1 Å². The van der Waals surface area contributed by atoms with Crippen LogP contribution in [0, 0.1) is 10.1 Å². The van der Waals surface area contributed by atoms with E-state index in [0.717, 1.165) is 29.3 Å². The Balaban J connectivity index is 1.22. The summed E-state index contributed by atoms with van der Waals surface area (Å²) in [5.41, 5.74) is 3.13. The molecule has 10 heteroatoms. The van der Waals surface area contributed by atoms with Gasteiger partial charge in [0.1, 0.15) is 16.5 Å². The van der Waals surface area contributed by atoms with E-state index < -0.39 is 4.92 Å². The van der Waals surface area contributed by atoms with E-state index in [-0.39, 0.29) is 11.7 Å². The van der Waals surface area contributed by atoms with Gasteiger partial charge in [0.05, 0.1) is 10.3 Å². The Morgan fingerprint density at radius 3 is 2.45 bits per heavy atom. The van der Waals surface area contributed by atoms with Crippen LogP contribution < -0.4 is 10.2 Å². The molecule has 2 aromatic heterocycles. The maximum atomic E-state index is 12.9. The fourth-order valence-corrected chi connectivity index (χ4v) is 6.53. The van der Waals surface area contributed by atoms with Gasteiger partial charge in [0.2, 0.25) is 0 Å². The van der Waals surface area contributed by atoms with Crippen molar-refractivity contribution in [2.24, 2.45) is 0 Å². The Kier molecular flexibility index (Phi) is 6.63. The lowest BCUT2D eigenvalue weighted by Crippen LogP contribution is -2.50. The summed E-state index contributed by atoms with van der Waals surface area (Å²) in [6, 6.07) is 16.0. The van der Waals surface area contributed by atoms with Gasteiger partial charge in [0.25, 0.3) is 5.69 Å². The Morgan fingerprint density at radius 1 is 0.974 bits per heavy atom. The zero-order chi connectivity index (χ0) is 26.1. The summed E-state index contributed by atoms with van der Waals surface area (Å²) in [5, 5.41) is 14.9. The number of hydrogen-bond donors (Lipinski definition) is 1. The van der Waals surface area contributed by atoms with E-state index in [1.54, 1.807) is 17.0 Å². The number of aromatic nitrogens is 2. The molecule has 1 fully saturated rings. The second-order valence-corrected chi connectivity index (χ2v) is 10.8. The number of carbonyl (C=O) groups is 1. The molecule has 9 nitrogen and oxygen atoms in total. The molecule has 0 saturated carbocycles. The van der Waals surface area contributed by atoms with Crippen molar-refractivity contribution in [2.75, 3.05) is 36.4 Å². The van der Waals surface area contributed by atoms with Gasteiger partial charge >= 0.3 is 6.03 Å². The monoisotopic (exact) mass is 528 g/mol. The normalized spacial score (nSPS) is 15.4. The van der Waals surface area contributed by atoms with E-state index in [9.17, 15) is 14.9 Å². The summed E-state index contributed by atoms with van der Waals surface area (Å²) >= 11 is 1.82. The van der Waals surface area contributed by atoms with Gasteiger partial charge in [0.15, 0.2) is 0 Å². The summed E-state index contributed by atoms with van der Waals surface area (Å²) in [5.74, 6) is 1.83. The number of non-ortho nitro benzene ring substituents is 1. The highest BCUT2D eigenvalue weighted by atomic mass is 32.1. The summed E-state index contributed by atoms with van der Waals surface area (Å²) in [7, 11) is 0. The van der Waals surface area contributed by atoms with E-state index in [1.807, 2.05) is 29.5 Å². The van der Waals surface area contributed by atoms with Crippen LogP contribution in [0.25, 0.3) is 10.2 Å². The molecular formula is C28H28N6O3S. The van der Waals surface area contributed by atoms with Crippen LogP contribution in [0.15, 0.2) is 54.6 Å². The van der Waals surface area contributed by atoms with Crippen LogP contribution in [0.3, 0.4) is 0 Å². The Morgan fingerprint density at radius 2 is 1.71 bits per heavy atom. The molecule has 0 radical (unpaired) electrons. The Labute approximate surface area is 224 Å². The summed E-state index contributed by atoms with van der Waals surface area (Å²) in [6.07, 6.45) is 5.29. The number of fused-ring (bicyclic) bond motifs is 3. The number of rotatable bonds is 5. The van der Waals surface area contributed by atoms with E-state index in [0.29, 0.717) is 38.3 Å². The van der Waals surface area contributed by atoms with E-state index >= 15 is 0 Å². The predicted octanol–water partition coefficient (Wildman–Crippen LogP) is 5.42. The largest absolute Gasteiger partial charge is 0.352 e. The number of urea groups is 1. The molecule has 38 heavy (non-hydrogen) atoms. The molecular weight excluding hydrogens is 500 g/mol. The minimum Gasteiger partial charge on any atom is -0.352 e. The molecule has 0 atom stereocenters. The van der Waals surface area contributed by atoms with Crippen LogP contribution in [-0.2, 0) is 19.3 Å². The van der Waals surface area contributed by atoms with Gasteiger partial charge in [-0.1, -0.05) is 30.3 Å². The van der Waals surface area contributed by atoms with Crippen LogP contribution in [0.4, 0.5) is 22.0 Å². The zero-order valence-electron chi connectivity index (χ0n) is 20.9. The lowest BCUT2D eigenvalue weighted by Gasteiger charge is -2.36. The van der Waals surface area contributed by atoms with Crippen molar-refractivity contribution in [1.82, 2.24) is 14.9 Å². The smallest absolute Gasteiger partial charge is 0.321 e. The quantitative estimate of drug-likeness (QED) is 0.274. The first-order valence-electron chi connectivity index (χ1n) is 13.0. The first kappa shape index (κ1) is 24.3. The van der Waals surface area contributed by atoms with Crippen molar-refractivity contribution >= 4 is 44.8 Å². The first-order chi connectivity index (χ1) is 18.5. The number of thiophene rings is 1. The van der Waals surface area contributed by atoms with E-state index in [1.165, 1.54) is 46.4 Å². The number of nitro benzene ring substituents is 1. The zero-order valence-corrected chi connectivity index (χ0v) is 21.7. The SMILES string of the molecule is O=C(Nc1ccc([N+](=O)[O-])cc1)N1CCN(c2nc(Cc3ccccc3)nc3sc4c(c23)CCCC4)CC1. The molecule has 0 spiro atoms. The highest BCUT2D eigenvalue weighted by Gasteiger charge is 2.27. The van der Waals surface area contributed by atoms with Crippen molar-refractivity contribution in [3.63, 3.8) is 0 Å². The molecule has 1 aliphatic heterocycles. The van der Waals surface area contributed by atoms with Crippen LogP contribution in [-0.4, -0.2) is 52.0 Å². The summed E-state index contributed by atoms with van der Waals surface area (Å²) in [4.78, 5) is 40.0. The molecule has 0 bridgehead atoms. The number of benzene rings is 2. The number of nitrogens with zero attached hydrogens (tertiary/aromatic N) is 5. The highest BCUT2D eigenvalue weighted by Crippen LogP contribution is 2.40. The molecule has 2 aromatic carbocycles. The minimum absolute atomic E-state index is 0.00460. The van der Waals surface area contributed by atoms with Gasteiger partial charge in [0, 0.05) is 55.3 Å². The lowest BCUT2D eigenvalue weighted by molar-refractivity contribution is -0.384. The van der Waals surface area contributed by atoms with Gasteiger partial charge in [-0.15, -0.1) is 11.3 Å². The van der Waals surface area contributed by atoms with Crippen LogP contribution >= 0.6 is 11.3 Å². The molecule has 1 N–H and O–H groups in total. The third kappa shape index (κ3) is 4.91. The van der Waals surface area contributed by atoms with E-state index in [2.05, 4.69) is 22.3 Å². The van der Waals surface area contributed by atoms with Gasteiger partial charge in [-0.25, -0.2) is 14.8 Å². The second kappa shape index (κ2) is 10.4. The number of hydrogen-bond acceptors (Lipinski definition) is 7. The molecule has 4 aromatic rings. The van der Waals surface area contributed by atoms with Crippen molar-refractivity contribution in [2.45, 2.75) is 32.1 Å². The Hall–Kier alpha value is -4.05. The number of piperazine rings is 1. The fourth-order valence-electron chi connectivity index (χ4n) is 5.26. The molecule has 1 aliphatic carbocycles. The van der Waals surface area contributed by atoms with E-state index in [4.69, 9.17) is 9.97 Å². The van der Waals surface area contributed by atoms with Gasteiger partial charge in [-0.2, -0.15) is 0 Å². The van der Waals surface area contributed by atoms with Crippen molar-refractivity contribution < 1.29 is 9.72 Å². The molecule has 2 amide bonds. The molecule has 0 unspecified atom stereocenters. The number of nitro groups is 1. The van der Waals surface area contributed by atoms with Crippen LogP contribution in [0.1, 0.15) is 34.7 Å². The molecule has 6 rings (SSSR count). The Bertz CT molecular complexity index is 1480. The maximum absolute atomic E-state index is 12.9. The number of carbonyl (C=O) groups excluding carboxylic acids is 1. The number of nitrogens with one attached hydrogen (secondary N) is 1. The first-order valence-corrected chi connectivity index (χ1v) is 13.8. The lowest BCUT2D eigenvalue weighted by atomic mass is 9.96. The molecule has 194 valence electrons. The third-order valence-electron chi connectivity index (χ3n) is 7.24. The standard InChI is InChI=1S/C28H28N6O3S/c35-28(29-20-10-12-21(13-11-20)34(36)37)33-16-14-32(15-17-33)26-25-22-8-4-5-9-23(22)38-27(25)31-24(30-26)18-19-6-2-1-3-7-19/h1-3,6-7,10-13H,4-5,8-9,14-18H2,(H,29,35). The van der Waals surface area contributed by atoms with Gasteiger partial charge < -0.3 is 15.1 Å². The average molecular weight is 529 g/mol. The second-order valence-electron chi connectivity index (χ2n) is 9.73. The van der Waals surface area contributed by atoms with Crippen LogP contribution in [0.2, 0.25) is 0 Å². The van der Waals surface area contributed by atoms with Gasteiger partial charge in [-0.05, 0) is 48.9 Å². The molecule has 2 aliphatic rings. The average Bonchev–Trinajstić information content (AvgIpc) is 3.32. The van der Waals surface area contributed by atoms with Crippen molar-refractivity contribution in [3.05, 3.63) is 86.5 Å². The molecule has 1 saturated heterocycles.